The van der Waals surface area contributed by atoms with Gasteiger partial charge in [0.1, 0.15) is 0 Å². The molecule has 0 atom stereocenters. The van der Waals surface area contributed by atoms with E-state index in [9.17, 15) is 0 Å². The molecule has 10 aromatic rings. The van der Waals surface area contributed by atoms with Crippen molar-refractivity contribution in [1.29, 1.82) is 0 Å². The Balaban J connectivity index is 1.25. The third-order valence-corrected chi connectivity index (χ3v) is 10.7. The highest BCUT2D eigenvalue weighted by Crippen LogP contribution is 2.42. The topological polar surface area (TPSA) is 14.8 Å². The average molecular weight is 626 g/mol. The largest absolute Gasteiger partial charge is 0.313 e. The van der Waals surface area contributed by atoms with Crippen LogP contribution in [0.2, 0.25) is 0 Å². The van der Waals surface area contributed by atoms with E-state index in [4.69, 9.17) is 0 Å². The molecular weight excluding hydrogens is 595 g/mol. The SMILES string of the molecule is C1=CCCC(n2c3ccccc3c3cc(-n4c5ccccc5c5cc6c(cc54)c4ccc5ccccc5c4n6-c4ccccc4)ccc32)=C1. The molecule has 0 aliphatic heterocycles. The fourth-order valence-corrected chi connectivity index (χ4v) is 8.55. The number of aromatic nitrogens is 3. The normalized spacial score (nSPS) is 13.6. The molecule has 1 aliphatic rings. The summed E-state index contributed by atoms with van der Waals surface area (Å²) in [6.07, 6.45) is 8.85. The van der Waals surface area contributed by atoms with Crippen molar-refractivity contribution in [3.05, 3.63) is 164 Å². The Morgan fingerprint density at radius 2 is 1.02 bits per heavy atom. The van der Waals surface area contributed by atoms with E-state index >= 15 is 0 Å². The molecule has 0 N–H and O–H groups in total. The molecule has 0 amide bonds. The van der Waals surface area contributed by atoms with Crippen LogP contribution in [0.1, 0.15) is 12.8 Å². The number of fused-ring (bicyclic) bond motifs is 11. The van der Waals surface area contributed by atoms with E-state index in [1.165, 1.54) is 93.3 Å². The molecule has 0 unspecified atom stereocenters. The zero-order valence-corrected chi connectivity index (χ0v) is 26.8. The van der Waals surface area contributed by atoms with Crippen molar-refractivity contribution in [2.24, 2.45) is 0 Å². The molecule has 3 heterocycles. The lowest BCUT2D eigenvalue weighted by Gasteiger charge is -2.14. The van der Waals surface area contributed by atoms with Gasteiger partial charge in [-0.05, 0) is 78.9 Å². The summed E-state index contributed by atoms with van der Waals surface area (Å²) in [5, 5.41) is 10.1. The van der Waals surface area contributed by atoms with E-state index in [-0.39, 0.29) is 0 Å². The standard InChI is InChI=1S/C46H31N3/c1-3-14-31(15-4-1)47-41-21-11-9-19-35(41)38-27-33(24-26-43(38)47)48-42-22-12-10-20-36(42)39-28-45-40(29-44(39)48)37-25-23-30-13-7-8-18-34(30)46(37)49(45)32-16-5-2-6-17-32/h1-3,5-14,16-29H,4,15H2. The van der Waals surface area contributed by atoms with Crippen LogP contribution in [0.15, 0.2) is 164 Å². The number of hydrogen-bond donors (Lipinski definition) is 0. The van der Waals surface area contributed by atoms with Crippen molar-refractivity contribution in [3.8, 4) is 11.4 Å². The molecule has 0 radical (unpaired) electrons. The fraction of sp³-hybridized carbons (Fsp3) is 0.0435. The van der Waals surface area contributed by atoms with E-state index in [2.05, 4.69) is 178 Å². The lowest BCUT2D eigenvalue weighted by atomic mass is 10.0. The molecule has 7 aromatic carbocycles. The van der Waals surface area contributed by atoms with Crippen LogP contribution in [0, 0.1) is 0 Å². The van der Waals surface area contributed by atoms with Gasteiger partial charge in [-0.25, -0.2) is 0 Å². The van der Waals surface area contributed by atoms with Crippen molar-refractivity contribution >= 4 is 81.9 Å². The van der Waals surface area contributed by atoms with E-state index in [0.29, 0.717) is 0 Å². The van der Waals surface area contributed by atoms with Gasteiger partial charge in [-0.15, -0.1) is 0 Å². The van der Waals surface area contributed by atoms with Crippen molar-refractivity contribution in [2.45, 2.75) is 12.8 Å². The number of para-hydroxylation sites is 3. The molecule has 1 aliphatic carbocycles. The van der Waals surface area contributed by atoms with Gasteiger partial charge < -0.3 is 13.7 Å². The van der Waals surface area contributed by atoms with Crippen molar-refractivity contribution in [2.75, 3.05) is 0 Å². The maximum Gasteiger partial charge on any atom is 0.0619 e. The third kappa shape index (κ3) is 3.73. The van der Waals surface area contributed by atoms with Gasteiger partial charge >= 0.3 is 0 Å². The molecule has 0 fully saturated rings. The Morgan fingerprint density at radius 1 is 0.388 bits per heavy atom. The third-order valence-electron chi connectivity index (χ3n) is 10.7. The number of allylic oxidation sites excluding steroid dienone is 4. The minimum atomic E-state index is 1.04. The molecule has 0 saturated carbocycles. The quantitative estimate of drug-likeness (QED) is 0.186. The molecular formula is C46H31N3. The van der Waals surface area contributed by atoms with Gasteiger partial charge in [0.2, 0.25) is 0 Å². The molecule has 0 spiro atoms. The van der Waals surface area contributed by atoms with Crippen LogP contribution in [0.3, 0.4) is 0 Å². The molecule has 49 heavy (non-hydrogen) atoms. The molecule has 0 saturated heterocycles. The van der Waals surface area contributed by atoms with Crippen LogP contribution in [0.4, 0.5) is 0 Å². The van der Waals surface area contributed by atoms with Gasteiger partial charge in [0.25, 0.3) is 0 Å². The molecule has 3 nitrogen and oxygen atoms in total. The summed E-state index contributed by atoms with van der Waals surface area (Å²) in [7, 11) is 0. The summed E-state index contributed by atoms with van der Waals surface area (Å²) in [6, 6.07) is 53.8. The lowest BCUT2D eigenvalue weighted by molar-refractivity contribution is 0.979. The number of nitrogens with zero attached hydrogens (tertiary/aromatic N) is 3. The van der Waals surface area contributed by atoms with Crippen LogP contribution in [-0.4, -0.2) is 13.7 Å². The second-order valence-electron chi connectivity index (χ2n) is 13.3. The summed E-state index contributed by atoms with van der Waals surface area (Å²) in [5.41, 5.74) is 11.1. The van der Waals surface area contributed by atoms with Crippen LogP contribution in [-0.2, 0) is 0 Å². The maximum atomic E-state index is 2.48. The van der Waals surface area contributed by atoms with Crippen molar-refractivity contribution in [3.63, 3.8) is 0 Å². The minimum Gasteiger partial charge on any atom is -0.313 e. The fourth-order valence-electron chi connectivity index (χ4n) is 8.55. The first-order valence-corrected chi connectivity index (χ1v) is 17.2. The number of rotatable bonds is 3. The predicted molar refractivity (Wildman–Crippen MR) is 208 cm³/mol. The van der Waals surface area contributed by atoms with E-state index in [1.54, 1.807) is 0 Å². The van der Waals surface area contributed by atoms with Gasteiger partial charge in [0, 0.05) is 54.8 Å². The predicted octanol–water partition coefficient (Wildman–Crippen LogP) is 12.3. The smallest absolute Gasteiger partial charge is 0.0619 e. The second-order valence-corrected chi connectivity index (χ2v) is 13.3. The molecule has 0 bridgehead atoms. The highest BCUT2D eigenvalue weighted by atomic mass is 15.0. The zero-order valence-electron chi connectivity index (χ0n) is 26.8. The van der Waals surface area contributed by atoms with Crippen molar-refractivity contribution < 1.29 is 0 Å². The Bertz CT molecular complexity index is 3040. The van der Waals surface area contributed by atoms with Gasteiger partial charge in [-0.1, -0.05) is 103 Å². The van der Waals surface area contributed by atoms with Gasteiger partial charge in [-0.3, -0.25) is 0 Å². The van der Waals surface area contributed by atoms with Crippen LogP contribution >= 0.6 is 0 Å². The Kier molecular flexibility index (Phi) is 5.50. The summed E-state index contributed by atoms with van der Waals surface area (Å²) in [6.45, 7) is 0. The zero-order chi connectivity index (χ0) is 32.1. The molecule has 3 aromatic heterocycles. The van der Waals surface area contributed by atoms with Gasteiger partial charge in [0.15, 0.2) is 0 Å². The first-order valence-electron chi connectivity index (χ1n) is 17.2. The summed E-state index contributed by atoms with van der Waals surface area (Å²) in [5.74, 6) is 0. The summed E-state index contributed by atoms with van der Waals surface area (Å²) < 4.78 is 7.41. The van der Waals surface area contributed by atoms with Gasteiger partial charge in [-0.2, -0.15) is 0 Å². The molecule has 11 rings (SSSR count). The number of hydrogen-bond acceptors (Lipinski definition) is 0. The average Bonchev–Trinajstić information content (AvgIpc) is 3.80. The monoisotopic (exact) mass is 625 g/mol. The first kappa shape index (κ1) is 26.7. The Hall–Kier alpha value is -6.32. The maximum absolute atomic E-state index is 2.48. The highest BCUT2D eigenvalue weighted by molar-refractivity contribution is 6.23. The highest BCUT2D eigenvalue weighted by Gasteiger charge is 2.21. The number of benzene rings is 7. The first-order chi connectivity index (χ1) is 24.3. The van der Waals surface area contributed by atoms with E-state index < -0.39 is 0 Å². The van der Waals surface area contributed by atoms with Crippen LogP contribution < -0.4 is 0 Å². The Morgan fingerprint density at radius 3 is 1.80 bits per heavy atom. The molecule has 230 valence electrons. The Labute approximate surface area is 282 Å². The summed E-state index contributed by atoms with van der Waals surface area (Å²) >= 11 is 0. The van der Waals surface area contributed by atoms with Gasteiger partial charge in [0.05, 0.1) is 33.1 Å². The lowest BCUT2D eigenvalue weighted by Crippen LogP contribution is -1.99. The van der Waals surface area contributed by atoms with Crippen molar-refractivity contribution in [1.82, 2.24) is 13.7 Å². The molecule has 3 heteroatoms. The van der Waals surface area contributed by atoms with E-state index in [0.717, 1.165) is 12.8 Å². The van der Waals surface area contributed by atoms with E-state index in [1.807, 2.05) is 0 Å². The summed E-state index contributed by atoms with van der Waals surface area (Å²) in [4.78, 5) is 0. The van der Waals surface area contributed by atoms with Crippen LogP contribution in [0.5, 0.6) is 0 Å². The van der Waals surface area contributed by atoms with Crippen LogP contribution in [0.25, 0.3) is 93.3 Å². The second kappa shape index (κ2) is 10.1. The minimum absolute atomic E-state index is 1.04.